The Balaban J connectivity index is 1.73. The summed E-state index contributed by atoms with van der Waals surface area (Å²) in [6.45, 7) is 1.83. The van der Waals surface area contributed by atoms with Crippen LogP contribution in [0.3, 0.4) is 0 Å². The molecule has 1 aliphatic heterocycles. The molecule has 1 fully saturated rings. The second-order valence-electron chi connectivity index (χ2n) is 5.59. The number of furan rings is 1. The Morgan fingerprint density at radius 2 is 2.00 bits per heavy atom. The van der Waals surface area contributed by atoms with Crippen molar-refractivity contribution in [3.8, 4) is 0 Å². The van der Waals surface area contributed by atoms with Crippen LogP contribution in [0.4, 0.5) is 5.69 Å². The molecule has 1 aliphatic rings. The molecule has 0 saturated carbocycles. The minimum atomic E-state index is -3.64. The monoisotopic (exact) mass is 348 g/mol. The van der Waals surface area contributed by atoms with E-state index >= 15 is 0 Å². The van der Waals surface area contributed by atoms with Crippen molar-refractivity contribution in [2.45, 2.75) is 13.5 Å². The number of hydrogen-bond acceptors (Lipinski definition) is 5. The lowest BCUT2D eigenvalue weighted by molar-refractivity contribution is -0.119. The lowest BCUT2D eigenvalue weighted by atomic mass is 10.1. The first-order valence-corrected chi connectivity index (χ1v) is 8.97. The van der Waals surface area contributed by atoms with Gasteiger partial charge in [-0.1, -0.05) is 6.92 Å². The van der Waals surface area contributed by atoms with Crippen molar-refractivity contribution in [1.29, 1.82) is 0 Å². The van der Waals surface area contributed by atoms with Gasteiger partial charge in [0.1, 0.15) is 5.76 Å². The molecule has 2 aromatic rings. The van der Waals surface area contributed by atoms with Gasteiger partial charge in [0.2, 0.25) is 15.9 Å². The van der Waals surface area contributed by atoms with Gasteiger partial charge in [0.25, 0.3) is 5.91 Å². The Labute approximate surface area is 139 Å². The summed E-state index contributed by atoms with van der Waals surface area (Å²) in [6.07, 6.45) is 1.52. The number of nitrogens with zero attached hydrogens (tertiary/aromatic N) is 1. The van der Waals surface area contributed by atoms with Crippen LogP contribution < -0.4 is 9.62 Å². The summed E-state index contributed by atoms with van der Waals surface area (Å²) in [5.74, 6) is -0.905. The average molecular weight is 348 g/mol. The second kappa shape index (κ2) is 6.12. The maximum absolute atomic E-state index is 12.1. The molecule has 2 heterocycles. The van der Waals surface area contributed by atoms with Gasteiger partial charge < -0.3 is 9.73 Å². The van der Waals surface area contributed by atoms with Crippen molar-refractivity contribution in [3.63, 3.8) is 0 Å². The normalized spacial score (nSPS) is 19.5. The third-order valence-corrected chi connectivity index (χ3v) is 5.60. The smallest absolute Gasteiger partial charge is 0.251 e. The largest absolute Gasteiger partial charge is 0.467 e. The number of benzene rings is 1. The lowest BCUT2D eigenvalue weighted by Crippen LogP contribution is -2.30. The summed E-state index contributed by atoms with van der Waals surface area (Å²) in [4.78, 5) is 24.1. The molecule has 1 unspecified atom stereocenters. The standard InChI is InChI=1S/C16H16N2O5S/c1-11-10-24(21,22)18(16(11)20)13-6-4-12(5-7-13)15(19)17-9-14-3-2-8-23-14/h2-8,11H,9-10H2,1H3,(H,17,19). The second-order valence-corrected chi connectivity index (χ2v) is 7.45. The molecule has 0 radical (unpaired) electrons. The Morgan fingerprint density at radius 1 is 1.29 bits per heavy atom. The summed E-state index contributed by atoms with van der Waals surface area (Å²) < 4.78 is 30.0. The van der Waals surface area contributed by atoms with Crippen LogP contribution in [0.15, 0.2) is 47.1 Å². The summed E-state index contributed by atoms with van der Waals surface area (Å²) in [5, 5.41) is 2.69. The summed E-state index contributed by atoms with van der Waals surface area (Å²) in [7, 11) is -3.64. The van der Waals surface area contributed by atoms with E-state index in [9.17, 15) is 18.0 Å². The predicted octanol–water partition coefficient (Wildman–Crippen LogP) is 1.52. The molecule has 1 aromatic carbocycles. The van der Waals surface area contributed by atoms with E-state index in [2.05, 4.69) is 5.32 Å². The van der Waals surface area contributed by atoms with Crippen molar-refractivity contribution < 1.29 is 22.4 Å². The fraction of sp³-hybridized carbons (Fsp3) is 0.250. The molecular formula is C16H16N2O5S. The third-order valence-electron chi connectivity index (χ3n) is 3.73. The highest BCUT2D eigenvalue weighted by Gasteiger charge is 2.41. The number of carbonyl (C=O) groups excluding carboxylic acids is 2. The van der Waals surface area contributed by atoms with E-state index in [-0.39, 0.29) is 23.9 Å². The van der Waals surface area contributed by atoms with Crippen LogP contribution in [0.2, 0.25) is 0 Å². The molecule has 8 heteroatoms. The van der Waals surface area contributed by atoms with Gasteiger partial charge in [-0.15, -0.1) is 0 Å². The first-order chi connectivity index (χ1) is 11.4. The van der Waals surface area contributed by atoms with Gasteiger partial charge in [-0.2, -0.15) is 0 Å². The zero-order valence-electron chi connectivity index (χ0n) is 12.9. The van der Waals surface area contributed by atoms with Crippen LogP contribution in [0.5, 0.6) is 0 Å². The molecule has 0 spiro atoms. The van der Waals surface area contributed by atoms with Crippen LogP contribution in [-0.2, 0) is 21.4 Å². The fourth-order valence-corrected chi connectivity index (χ4v) is 4.34. The first kappa shape index (κ1) is 16.3. The number of anilines is 1. The van der Waals surface area contributed by atoms with Crippen LogP contribution in [0, 0.1) is 5.92 Å². The number of nitrogens with one attached hydrogen (secondary N) is 1. The van der Waals surface area contributed by atoms with Crippen molar-refractivity contribution in [2.75, 3.05) is 10.1 Å². The van der Waals surface area contributed by atoms with Gasteiger partial charge in [-0.25, -0.2) is 12.7 Å². The maximum Gasteiger partial charge on any atom is 0.251 e. The van der Waals surface area contributed by atoms with Crippen LogP contribution in [-0.4, -0.2) is 26.0 Å². The topological polar surface area (TPSA) is 96.7 Å². The van der Waals surface area contributed by atoms with Crippen LogP contribution in [0.1, 0.15) is 23.0 Å². The fourth-order valence-electron chi connectivity index (χ4n) is 2.52. The highest BCUT2D eigenvalue weighted by molar-refractivity contribution is 7.94. The zero-order valence-corrected chi connectivity index (χ0v) is 13.7. The van der Waals surface area contributed by atoms with Crippen molar-refractivity contribution >= 4 is 27.5 Å². The average Bonchev–Trinajstić information content (AvgIpc) is 3.12. The SMILES string of the molecule is CC1CS(=O)(=O)N(c2ccc(C(=O)NCc3ccco3)cc2)C1=O. The molecule has 0 bridgehead atoms. The predicted molar refractivity (Wildman–Crippen MR) is 86.8 cm³/mol. The summed E-state index contributed by atoms with van der Waals surface area (Å²) in [6, 6.07) is 9.35. The Kier molecular flexibility index (Phi) is 4.15. The zero-order chi connectivity index (χ0) is 17.3. The molecule has 1 N–H and O–H groups in total. The summed E-state index contributed by atoms with van der Waals surface area (Å²) in [5.41, 5.74) is 0.606. The maximum atomic E-state index is 12.1. The molecule has 7 nitrogen and oxygen atoms in total. The molecule has 24 heavy (non-hydrogen) atoms. The van der Waals surface area contributed by atoms with Gasteiger partial charge in [0.15, 0.2) is 0 Å². The summed E-state index contributed by atoms with van der Waals surface area (Å²) >= 11 is 0. The lowest BCUT2D eigenvalue weighted by Gasteiger charge is -2.15. The number of carbonyl (C=O) groups is 2. The van der Waals surface area contributed by atoms with Crippen LogP contribution in [0.25, 0.3) is 0 Å². The molecule has 2 amide bonds. The number of sulfonamides is 1. The van der Waals surface area contributed by atoms with Gasteiger partial charge in [-0.05, 0) is 36.4 Å². The Morgan fingerprint density at radius 3 is 2.54 bits per heavy atom. The minimum absolute atomic E-state index is 0.197. The van der Waals surface area contributed by atoms with Crippen molar-refractivity contribution in [2.24, 2.45) is 5.92 Å². The Bertz CT molecular complexity index is 856. The van der Waals surface area contributed by atoms with E-state index in [0.717, 1.165) is 4.31 Å². The molecule has 126 valence electrons. The van der Waals surface area contributed by atoms with Gasteiger partial charge in [0, 0.05) is 5.56 Å². The molecular weight excluding hydrogens is 332 g/mol. The van der Waals surface area contributed by atoms with Crippen LogP contribution >= 0.6 is 0 Å². The molecule has 1 atom stereocenters. The molecule has 3 rings (SSSR count). The van der Waals surface area contributed by atoms with E-state index in [0.29, 0.717) is 11.3 Å². The minimum Gasteiger partial charge on any atom is -0.467 e. The van der Waals surface area contributed by atoms with Gasteiger partial charge >= 0.3 is 0 Å². The van der Waals surface area contributed by atoms with E-state index in [1.54, 1.807) is 19.1 Å². The first-order valence-electron chi connectivity index (χ1n) is 7.36. The number of amides is 2. The van der Waals surface area contributed by atoms with Crippen molar-refractivity contribution in [1.82, 2.24) is 5.32 Å². The number of hydrogen-bond donors (Lipinski definition) is 1. The van der Waals surface area contributed by atoms with E-state index in [4.69, 9.17) is 4.42 Å². The number of rotatable bonds is 4. The highest BCUT2D eigenvalue weighted by atomic mass is 32.2. The van der Waals surface area contributed by atoms with Gasteiger partial charge in [0.05, 0.1) is 30.2 Å². The van der Waals surface area contributed by atoms with E-state index in [1.807, 2.05) is 0 Å². The molecule has 1 saturated heterocycles. The van der Waals surface area contributed by atoms with Gasteiger partial charge in [-0.3, -0.25) is 9.59 Å². The molecule has 1 aromatic heterocycles. The third kappa shape index (κ3) is 3.05. The Hall–Kier alpha value is -2.61. The van der Waals surface area contributed by atoms with E-state index in [1.165, 1.54) is 30.5 Å². The highest BCUT2D eigenvalue weighted by Crippen LogP contribution is 2.28. The van der Waals surface area contributed by atoms with E-state index < -0.39 is 21.8 Å². The molecule has 0 aliphatic carbocycles. The quantitative estimate of drug-likeness (QED) is 0.904. The van der Waals surface area contributed by atoms with Crippen molar-refractivity contribution in [3.05, 3.63) is 54.0 Å².